The summed E-state index contributed by atoms with van der Waals surface area (Å²) in [6.07, 6.45) is 1.63. The van der Waals surface area contributed by atoms with Crippen molar-refractivity contribution in [3.63, 3.8) is 0 Å². The van der Waals surface area contributed by atoms with Gasteiger partial charge in [-0.1, -0.05) is 41.1 Å². The number of amides is 1. The molecule has 3 aromatic carbocycles. The van der Waals surface area contributed by atoms with Crippen molar-refractivity contribution in [1.82, 2.24) is 19.9 Å². The van der Waals surface area contributed by atoms with Crippen LogP contribution in [-0.2, 0) is 0 Å². The van der Waals surface area contributed by atoms with Gasteiger partial charge in [-0.3, -0.25) is 4.79 Å². The number of hydrogen-bond donors (Lipinski definition) is 3. The third-order valence-electron chi connectivity index (χ3n) is 6.30. The molecule has 0 bridgehead atoms. The van der Waals surface area contributed by atoms with Crippen molar-refractivity contribution in [3.05, 3.63) is 95.1 Å². The number of thiazole rings is 1. The maximum absolute atomic E-state index is 14.2. The van der Waals surface area contributed by atoms with Gasteiger partial charge in [0.15, 0.2) is 5.13 Å². The molecule has 13 heteroatoms. The number of nitrogens with zero attached hydrogens (tertiary/aromatic N) is 4. The topological polar surface area (TPSA) is 104 Å². The molecule has 5 aromatic rings. The van der Waals surface area contributed by atoms with Gasteiger partial charge < -0.3 is 25.6 Å². The Morgan fingerprint density at radius 3 is 2.50 bits per heavy atom. The zero-order valence-corrected chi connectivity index (χ0v) is 25.6. The van der Waals surface area contributed by atoms with Gasteiger partial charge >= 0.3 is 0 Å². The predicted molar refractivity (Wildman–Crippen MR) is 171 cm³/mol. The van der Waals surface area contributed by atoms with E-state index in [0.717, 1.165) is 23.6 Å². The Morgan fingerprint density at radius 1 is 1.00 bits per heavy atom. The first-order valence-electron chi connectivity index (χ1n) is 13.4. The molecule has 0 aliphatic heterocycles. The number of likely N-dealkylation sites (N-methyl/N-ethyl adjacent to an activating group) is 1. The number of ether oxygens (including phenoxy) is 1. The van der Waals surface area contributed by atoms with Crippen molar-refractivity contribution in [2.45, 2.75) is 0 Å². The molecule has 0 radical (unpaired) electrons. The van der Waals surface area contributed by atoms with Crippen molar-refractivity contribution in [1.29, 1.82) is 0 Å². The van der Waals surface area contributed by atoms with Gasteiger partial charge in [0, 0.05) is 36.7 Å². The minimum absolute atomic E-state index is 0.344. The zero-order valence-electron chi connectivity index (χ0n) is 24.0. The molecule has 0 aliphatic rings. The number of benzene rings is 3. The highest BCUT2D eigenvalue weighted by atomic mass is 35.5. The van der Waals surface area contributed by atoms with E-state index in [9.17, 15) is 13.6 Å². The normalized spacial score (nSPS) is 11.0. The molecular formula is C31H28ClF2N7O2S. The number of hydrogen-bond acceptors (Lipinski definition) is 9. The summed E-state index contributed by atoms with van der Waals surface area (Å²) < 4.78 is 34.1. The molecule has 1 amide bonds. The van der Waals surface area contributed by atoms with Crippen molar-refractivity contribution in [2.24, 2.45) is 0 Å². The predicted octanol–water partition coefficient (Wildman–Crippen LogP) is 7.18. The standard InChI is InChI=1S/C31H28ClF2N7O2S/c1-35-31-40-27(18-6-4-7-19(16-18)37-29(42)26-22(33)8-5-9-23(26)34)28(44-31)24-12-13-36-30(39-24)38-20-10-11-25(21(32)17-20)43-15-14-41(2)3/h4-13,16-17H,14-15H2,1-3H3,(H,35,40)(H,37,42)(H,36,38,39). The molecular weight excluding hydrogens is 608 g/mol. The quantitative estimate of drug-likeness (QED) is 0.140. The lowest BCUT2D eigenvalue weighted by atomic mass is 10.1. The van der Waals surface area contributed by atoms with Gasteiger partial charge in [-0.25, -0.2) is 23.7 Å². The Hall–Kier alpha value is -4.65. The fourth-order valence-electron chi connectivity index (χ4n) is 4.16. The van der Waals surface area contributed by atoms with Crippen LogP contribution in [0.15, 0.2) is 72.9 Å². The second kappa shape index (κ2) is 13.8. The Morgan fingerprint density at radius 2 is 1.77 bits per heavy atom. The molecule has 3 N–H and O–H groups in total. The molecule has 2 heterocycles. The van der Waals surface area contributed by atoms with E-state index in [0.29, 0.717) is 56.8 Å². The summed E-state index contributed by atoms with van der Waals surface area (Å²) in [5.41, 5.74) is 2.24. The molecule has 0 saturated heterocycles. The Kier molecular flexibility index (Phi) is 9.63. The van der Waals surface area contributed by atoms with Crippen molar-refractivity contribution < 1.29 is 18.3 Å². The number of anilines is 4. The first-order chi connectivity index (χ1) is 21.2. The number of carbonyl (C=O) groups excluding carboxylic acids is 1. The fraction of sp³-hybridized carbons (Fsp3) is 0.161. The highest BCUT2D eigenvalue weighted by molar-refractivity contribution is 7.19. The molecule has 226 valence electrons. The van der Waals surface area contributed by atoms with Crippen LogP contribution < -0.4 is 20.7 Å². The van der Waals surface area contributed by atoms with Crippen LogP contribution in [0.5, 0.6) is 5.75 Å². The van der Waals surface area contributed by atoms with Gasteiger partial charge in [0.05, 0.1) is 21.3 Å². The zero-order chi connectivity index (χ0) is 31.2. The van der Waals surface area contributed by atoms with E-state index >= 15 is 0 Å². The monoisotopic (exact) mass is 635 g/mol. The molecule has 0 atom stereocenters. The number of rotatable bonds is 11. The van der Waals surface area contributed by atoms with Crippen molar-refractivity contribution >= 4 is 51.3 Å². The fourth-order valence-corrected chi connectivity index (χ4v) is 5.30. The third kappa shape index (κ3) is 7.28. The first-order valence-corrected chi connectivity index (χ1v) is 14.6. The molecule has 0 fully saturated rings. The minimum atomic E-state index is -0.946. The molecule has 0 aliphatic carbocycles. The van der Waals surface area contributed by atoms with Crippen LogP contribution in [0.4, 0.5) is 31.2 Å². The molecule has 0 spiro atoms. The Balaban J connectivity index is 1.39. The van der Waals surface area contributed by atoms with Gasteiger partial charge in [-0.2, -0.15) is 0 Å². The van der Waals surface area contributed by atoms with Gasteiger partial charge in [0.1, 0.15) is 29.6 Å². The van der Waals surface area contributed by atoms with E-state index in [-0.39, 0.29) is 0 Å². The van der Waals surface area contributed by atoms with Crippen LogP contribution in [0.2, 0.25) is 5.02 Å². The summed E-state index contributed by atoms with van der Waals surface area (Å²) in [6, 6.07) is 17.2. The van der Waals surface area contributed by atoms with E-state index < -0.39 is 23.1 Å². The molecule has 0 unspecified atom stereocenters. The molecule has 44 heavy (non-hydrogen) atoms. The Labute approximate surface area is 261 Å². The van der Waals surface area contributed by atoms with Crippen molar-refractivity contribution in [2.75, 3.05) is 50.2 Å². The minimum Gasteiger partial charge on any atom is -0.491 e. The Bertz CT molecular complexity index is 1780. The number of aromatic nitrogens is 3. The molecule has 9 nitrogen and oxygen atoms in total. The number of halogens is 3. The second-order valence-corrected chi connectivity index (χ2v) is 11.2. The van der Waals surface area contributed by atoms with Gasteiger partial charge in [-0.05, 0) is 62.6 Å². The van der Waals surface area contributed by atoms with Crippen LogP contribution in [0.1, 0.15) is 10.4 Å². The lowest BCUT2D eigenvalue weighted by molar-refractivity contribution is 0.101. The van der Waals surface area contributed by atoms with Crippen LogP contribution in [0.3, 0.4) is 0 Å². The molecule has 2 aromatic heterocycles. The highest BCUT2D eigenvalue weighted by Gasteiger charge is 2.20. The maximum atomic E-state index is 14.2. The summed E-state index contributed by atoms with van der Waals surface area (Å²) in [7, 11) is 5.70. The SMILES string of the molecule is CNc1nc(-c2cccc(NC(=O)c3c(F)cccc3F)c2)c(-c2ccnc(Nc3ccc(OCCN(C)C)c(Cl)c3)n2)s1. The average Bonchev–Trinajstić information content (AvgIpc) is 3.43. The summed E-state index contributed by atoms with van der Waals surface area (Å²) in [4.78, 5) is 29.2. The lowest BCUT2D eigenvalue weighted by Gasteiger charge is -2.13. The van der Waals surface area contributed by atoms with E-state index in [1.807, 2.05) is 31.1 Å². The van der Waals surface area contributed by atoms with E-state index in [1.165, 1.54) is 17.4 Å². The van der Waals surface area contributed by atoms with Crippen LogP contribution in [0, 0.1) is 11.6 Å². The third-order valence-corrected chi connectivity index (χ3v) is 7.69. The van der Waals surface area contributed by atoms with E-state index in [1.54, 1.807) is 49.6 Å². The van der Waals surface area contributed by atoms with Crippen LogP contribution in [0.25, 0.3) is 21.8 Å². The molecule has 0 saturated carbocycles. The maximum Gasteiger partial charge on any atom is 0.261 e. The smallest absolute Gasteiger partial charge is 0.261 e. The summed E-state index contributed by atoms with van der Waals surface area (Å²) >= 11 is 7.83. The number of carbonyl (C=O) groups is 1. The second-order valence-electron chi connectivity index (χ2n) is 9.77. The first kappa shape index (κ1) is 30.8. The van der Waals surface area contributed by atoms with E-state index in [4.69, 9.17) is 26.3 Å². The van der Waals surface area contributed by atoms with E-state index in [2.05, 4.69) is 20.9 Å². The number of nitrogens with one attached hydrogen (secondary N) is 3. The average molecular weight is 636 g/mol. The van der Waals surface area contributed by atoms with Gasteiger partial charge in [0.25, 0.3) is 5.91 Å². The summed E-state index contributed by atoms with van der Waals surface area (Å²) in [5, 5.41) is 9.91. The summed E-state index contributed by atoms with van der Waals surface area (Å²) in [5.74, 6) is -1.86. The largest absolute Gasteiger partial charge is 0.491 e. The molecule has 5 rings (SSSR count). The van der Waals surface area contributed by atoms with Gasteiger partial charge in [0.2, 0.25) is 5.95 Å². The van der Waals surface area contributed by atoms with Crippen LogP contribution in [-0.4, -0.2) is 60.1 Å². The lowest BCUT2D eigenvalue weighted by Crippen LogP contribution is -2.19. The summed E-state index contributed by atoms with van der Waals surface area (Å²) in [6.45, 7) is 1.27. The van der Waals surface area contributed by atoms with Crippen molar-refractivity contribution in [3.8, 4) is 27.6 Å². The van der Waals surface area contributed by atoms with Crippen LogP contribution >= 0.6 is 22.9 Å². The van der Waals surface area contributed by atoms with Gasteiger partial charge in [-0.15, -0.1) is 0 Å². The highest BCUT2D eigenvalue weighted by Crippen LogP contribution is 2.39.